The summed E-state index contributed by atoms with van der Waals surface area (Å²) < 4.78 is 6.96. The first-order valence-electron chi connectivity index (χ1n) is 7.54. The lowest BCUT2D eigenvalue weighted by molar-refractivity contribution is 0.0734. The molecule has 1 aliphatic heterocycles. The van der Waals surface area contributed by atoms with Crippen LogP contribution in [0.15, 0.2) is 24.4 Å². The summed E-state index contributed by atoms with van der Waals surface area (Å²) in [5.41, 5.74) is 4.08. The predicted octanol–water partition coefficient (Wildman–Crippen LogP) is 2.33. The van der Waals surface area contributed by atoms with E-state index in [1.807, 2.05) is 24.9 Å². The molecule has 0 saturated heterocycles. The van der Waals surface area contributed by atoms with E-state index in [0.29, 0.717) is 12.2 Å². The van der Waals surface area contributed by atoms with Crippen LogP contribution in [0.4, 0.5) is 0 Å². The van der Waals surface area contributed by atoms with E-state index < -0.39 is 0 Å². The van der Waals surface area contributed by atoms with Gasteiger partial charge in [-0.1, -0.05) is 6.07 Å². The van der Waals surface area contributed by atoms with Gasteiger partial charge in [-0.3, -0.25) is 9.48 Å². The second-order valence-corrected chi connectivity index (χ2v) is 5.76. The van der Waals surface area contributed by atoms with Crippen LogP contribution in [0.2, 0.25) is 0 Å². The number of rotatable bonds is 2. The number of methoxy groups -OCH3 is 1. The molecule has 1 aromatic carbocycles. The number of hydrogen-bond donors (Lipinski definition) is 0. The molecule has 0 saturated carbocycles. The first-order valence-corrected chi connectivity index (χ1v) is 7.54. The van der Waals surface area contributed by atoms with Gasteiger partial charge >= 0.3 is 0 Å². The van der Waals surface area contributed by atoms with E-state index in [0.717, 1.165) is 30.7 Å². The lowest BCUT2D eigenvalue weighted by Crippen LogP contribution is -2.32. The van der Waals surface area contributed by atoms with Gasteiger partial charge in [-0.2, -0.15) is 5.10 Å². The summed E-state index contributed by atoms with van der Waals surface area (Å²) in [5.74, 6) is 0.933. The van der Waals surface area contributed by atoms with Crippen molar-refractivity contribution in [2.24, 2.45) is 7.05 Å². The van der Waals surface area contributed by atoms with Crippen LogP contribution >= 0.6 is 0 Å². The lowest BCUT2D eigenvalue weighted by Gasteiger charge is -2.21. The second-order valence-electron chi connectivity index (χ2n) is 5.76. The van der Waals surface area contributed by atoms with Crippen LogP contribution in [0.1, 0.15) is 33.6 Å². The topological polar surface area (TPSA) is 47.4 Å². The summed E-state index contributed by atoms with van der Waals surface area (Å²) in [7, 11) is 3.50. The van der Waals surface area contributed by atoms with Gasteiger partial charge in [-0.15, -0.1) is 0 Å². The zero-order valence-electron chi connectivity index (χ0n) is 13.3. The zero-order chi connectivity index (χ0) is 15.7. The smallest absolute Gasteiger partial charge is 0.272 e. The molecule has 0 N–H and O–H groups in total. The largest absolute Gasteiger partial charge is 0.497 e. The molecule has 2 heterocycles. The minimum atomic E-state index is 0.0566. The van der Waals surface area contributed by atoms with Gasteiger partial charge in [0.15, 0.2) is 0 Å². The highest BCUT2D eigenvalue weighted by atomic mass is 16.5. The lowest BCUT2D eigenvalue weighted by atomic mass is 10.0. The fourth-order valence-corrected chi connectivity index (χ4v) is 3.04. The SMILES string of the molecule is COc1ccc2c(c1)CCCN(C(=O)c1c(C)cnn1C)C2. The summed E-state index contributed by atoms with van der Waals surface area (Å²) >= 11 is 0. The molecule has 0 unspecified atom stereocenters. The third-order valence-electron chi connectivity index (χ3n) is 4.26. The highest BCUT2D eigenvalue weighted by molar-refractivity contribution is 5.94. The number of amides is 1. The van der Waals surface area contributed by atoms with Crippen LogP contribution in [0.25, 0.3) is 0 Å². The van der Waals surface area contributed by atoms with Crippen LogP contribution in [0.5, 0.6) is 5.75 Å². The van der Waals surface area contributed by atoms with E-state index in [2.05, 4.69) is 17.2 Å². The van der Waals surface area contributed by atoms with Crippen LogP contribution in [-0.2, 0) is 20.0 Å². The van der Waals surface area contributed by atoms with Gasteiger partial charge < -0.3 is 9.64 Å². The van der Waals surface area contributed by atoms with Crippen molar-refractivity contribution in [1.82, 2.24) is 14.7 Å². The third kappa shape index (κ3) is 2.58. The van der Waals surface area contributed by atoms with Gasteiger partial charge in [-0.05, 0) is 48.6 Å². The van der Waals surface area contributed by atoms with Gasteiger partial charge in [0.2, 0.25) is 0 Å². The summed E-state index contributed by atoms with van der Waals surface area (Å²) in [6.07, 6.45) is 3.67. The molecular formula is C17H21N3O2. The predicted molar refractivity (Wildman–Crippen MR) is 84.0 cm³/mol. The summed E-state index contributed by atoms with van der Waals surface area (Å²) in [6.45, 7) is 3.33. The zero-order valence-corrected chi connectivity index (χ0v) is 13.3. The van der Waals surface area contributed by atoms with Gasteiger partial charge in [0.05, 0.1) is 13.3 Å². The monoisotopic (exact) mass is 299 g/mol. The Labute approximate surface area is 130 Å². The number of carbonyl (C=O) groups excluding carboxylic acids is 1. The van der Waals surface area contributed by atoms with Crippen LogP contribution < -0.4 is 4.74 Å². The minimum absolute atomic E-state index is 0.0566. The molecule has 1 amide bonds. The second kappa shape index (κ2) is 5.83. The van der Waals surface area contributed by atoms with Gasteiger partial charge in [0.25, 0.3) is 5.91 Å². The number of hydrogen-bond acceptors (Lipinski definition) is 3. The number of aromatic nitrogens is 2. The fourth-order valence-electron chi connectivity index (χ4n) is 3.04. The molecule has 0 fully saturated rings. The fraction of sp³-hybridized carbons (Fsp3) is 0.412. The molecule has 22 heavy (non-hydrogen) atoms. The van der Waals surface area contributed by atoms with E-state index in [9.17, 15) is 4.79 Å². The Balaban J connectivity index is 1.88. The van der Waals surface area contributed by atoms with E-state index >= 15 is 0 Å². The highest BCUT2D eigenvalue weighted by Crippen LogP contribution is 2.24. The van der Waals surface area contributed by atoms with Gasteiger partial charge in [0.1, 0.15) is 11.4 Å². The number of benzene rings is 1. The molecule has 5 heteroatoms. The van der Waals surface area contributed by atoms with Crippen LogP contribution in [-0.4, -0.2) is 34.2 Å². The number of nitrogens with zero attached hydrogens (tertiary/aromatic N) is 3. The molecule has 0 spiro atoms. The summed E-state index contributed by atoms with van der Waals surface area (Å²) in [5, 5.41) is 4.18. The maximum Gasteiger partial charge on any atom is 0.272 e. The molecular weight excluding hydrogens is 278 g/mol. The number of ether oxygens (including phenoxy) is 1. The quantitative estimate of drug-likeness (QED) is 0.855. The molecule has 1 aromatic heterocycles. The van der Waals surface area contributed by atoms with Gasteiger partial charge in [0, 0.05) is 20.1 Å². The Kier molecular flexibility index (Phi) is 3.88. The van der Waals surface area contributed by atoms with Crippen molar-refractivity contribution >= 4 is 5.91 Å². The van der Waals surface area contributed by atoms with Crippen molar-refractivity contribution in [3.05, 3.63) is 46.8 Å². The first-order chi connectivity index (χ1) is 10.6. The Morgan fingerprint density at radius 2 is 2.14 bits per heavy atom. The van der Waals surface area contributed by atoms with Crippen molar-refractivity contribution in [2.75, 3.05) is 13.7 Å². The summed E-state index contributed by atoms with van der Waals surface area (Å²) in [4.78, 5) is 14.7. The van der Waals surface area contributed by atoms with Crippen LogP contribution in [0.3, 0.4) is 0 Å². The Morgan fingerprint density at radius 3 is 2.82 bits per heavy atom. The molecule has 1 aliphatic rings. The van der Waals surface area contributed by atoms with Crippen molar-refractivity contribution in [1.29, 1.82) is 0 Å². The molecule has 0 radical (unpaired) electrons. The van der Waals surface area contributed by atoms with Crippen molar-refractivity contribution in [2.45, 2.75) is 26.3 Å². The standard InChI is InChI=1S/C17H21N3O2/c1-12-10-18-19(2)16(12)17(21)20-8-4-5-13-9-15(22-3)7-6-14(13)11-20/h6-7,9-10H,4-5,8,11H2,1-3H3. The molecule has 116 valence electrons. The van der Waals surface area contributed by atoms with E-state index in [1.165, 1.54) is 11.1 Å². The third-order valence-corrected chi connectivity index (χ3v) is 4.26. The molecule has 0 aliphatic carbocycles. The molecule has 5 nitrogen and oxygen atoms in total. The van der Waals surface area contributed by atoms with Crippen molar-refractivity contribution in [3.63, 3.8) is 0 Å². The average molecular weight is 299 g/mol. The Hall–Kier alpha value is -2.30. The summed E-state index contributed by atoms with van der Waals surface area (Å²) in [6, 6.07) is 6.11. The minimum Gasteiger partial charge on any atom is -0.497 e. The van der Waals surface area contributed by atoms with E-state index in [-0.39, 0.29) is 5.91 Å². The number of carbonyl (C=O) groups is 1. The maximum atomic E-state index is 12.8. The molecule has 0 atom stereocenters. The van der Waals surface area contributed by atoms with E-state index in [4.69, 9.17) is 4.74 Å². The highest BCUT2D eigenvalue weighted by Gasteiger charge is 2.24. The Morgan fingerprint density at radius 1 is 1.32 bits per heavy atom. The normalized spacial score (nSPS) is 14.4. The maximum absolute atomic E-state index is 12.8. The van der Waals surface area contributed by atoms with E-state index in [1.54, 1.807) is 18.0 Å². The molecule has 2 aromatic rings. The Bertz CT molecular complexity index is 686. The van der Waals surface area contributed by atoms with Crippen molar-refractivity contribution < 1.29 is 9.53 Å². The average Bonchev–Trinajstić information content (AvgIpc) is 2.74. The first kappa shape index (κ1) is 14.6. The number of fused-ring (bicyclic) bond motifs is 1. The van der Waals surface area contributed by atoms with Crippen LogP contribution in [0, 0.1) is 6.92 Å². The van der Waals surface area contributed by atoms with Crippen molar-refractivity contribution in [3.8, 4) is 5.75 Å². The van der Waals surface area contributed by atoms with Gasteiger partial charge in [-0.25, -0.2) is 0 Å². The molecule has 0 bridgehead atoms. The number of aryl methyl sites for hydroxylation is 3. The molecule has 3 rings (SSSR count).